The molecule has 1 heterocycles. The molecule has 0 bridgehead atoms. The first kappa shape index (κ1) is 14.4. The molecule has 3 rings (SSSR count). The van der Waals surface area contributed by atoms with Crippen molar-refractivity contribution >= 4 is 21.7 Å². The summed E-state index contributed by atoms with van der Waals surface area (Å²) in [7, 11) is 0. The lowest BCUT2D eigenvalue weighted by Crippen LogP contribution is -2.12. The zero-order chi connectivity index (χ0) is 15.0. The molecule has 0 radical (unpaired) electrons. The van der Waals surface area contributed by atoms with Crippen molar-refractivity contribution in [2.45, 2.75) is 45.4 Å². The number of ketones is 1. The van der Waals surface area contributed by atoms with Crippen molar-refractivity contribution in [3.8, 4) is 11.4 Å². The second kappa shape index (κ2) is 5.72. The molecule has 0 unspecified atom stereocenters. The van der Waals surface area contributed by atoms with Crippen LogP contribution in [0.15, 0.2) is 21.1 Å². The monoisotopic (exact) mass is 348 g/mol. The Morgan fingerprint density at radius 2 is 1.81 bits per heavy atom. The van der Waals surface area contributed by atoms with E-state index in [9.17, 15) is 4.79 Å². The molecule has 0 atom stereocenters. The Kier molecular flexibility index (Phi) is 3.93. The Morgan fingerprint density at radius 1 is 1.19 bits per heavy atom. The van der Waals surface area contributed by atoms with Crippen LogP contribution in [0.1, 0.15) is 48.6 Å². The molecule has 0 amide bonds. The van der Waals surface area contributed by atoms with E-state index in [2.05, 4.69) is 38.2 Å². The summed E-state index contributed by atoms with van der Waals surface area (Å²) in [6.45, 7) is 4.10. The lowest BCUT2D eigenvalue weighted by atomic mass is 9.88. The summed E-state index contributed by atoms with van der Waals surface area (Å²) < 4.78 is 6.53. The highest BCUT2D eigenvalue weighted by Crippen LogP contribution is 2.32. The molecule has 1 saturated carbocycles. The minimum absolute atomic E-state index is 0.224. The molecule has 1 fully saturated rings. The van der Waals surface area contributed by atoms with Gasteiger partial charge in [-0.25, -0.2) is 0 Å². The molecule has 5 heteroatoms. The van der Waals surface area contributed by atoms with Gasteiger partial charge < -0.3 is 4.52 Å². The van der Waals surface area contributed by atoms with Crippen molar-refractivity contribution in [1.29, 1.82) is 0 Å². The van der Waals surface area contributed by atoms with E-state index in [4.69, 9.17) is 4.52 Å². The lowest BCUT2D eigenvalue weighted by Gasteiger charge is -2.16. The van der Waals surface area contributed by atoms with Crippen LogP contribution in [0.5, 0.6) is 0 Å². The summed E-state index contributed by atoms with van der Waals surface area (Å²) in [5.41, 5.74) is 3.27. The second-order valence-corrected chi connectivity index (χ2v) is 6.49. The zero-order valence-corrected chi connectivity index (χ0v) is 13.7. The van der Waals surface area contributed by atoms with Gasteiger partial charge in [-0.2, -0.15) is 4.98 Å². The van der Waals surface area contributed by atoms with Gasteiger partial charge in [-0.1, -0.05) is 21.1 Å². The Hall–Kier alpha value is -1.49. The Morgan fingerprint density at radius 3 is 2.43 bits per heavy atom. The average molecular weight is 349 g/mol. The number of benzene rings is 1. The predicted octanol–water partition coefficient (Wildman–Crippen LogP) is 4.34. The van der Waals surface area contributed by atoms with Crippen molar-refractivity contribution in [1.82, 2.24) is 10.1 Å². The third kappa shape index (κ3) is 2.93. The average Bonchev–Trinajstić information content (AvgIpc) is 2.95. The van der Waals surface area contributed by atoms with Gasteiger partial charge in [-0.15, -0.1) is 0 Å². The quantitative estimate of drug-likeness (QED) is 0.809. The van der Waals surface area contributed by atoms with E-state index in [0.717, 1.165) is 34.0 Å². The van der Waals surface area contributed by atoms with Crippen molar-refractivity contribution in [2.75, 3.05) is 0 Å². The van der Waals surface area contributed by atoms with Gasteiger partial charge in [0.25, 0.3) is 0 Å². The fraction of sp³-hybridized carbons (Fsp3) is 0.438. The smallest absolute Gasteiger partial charge is 0.230 e. The number of rotatable bonds is 2. The first-order valence-corrected chi connectivity index (χ1v) is 7.96. The molecule has 1 aromatic carbocycles. The van der Waals surface area contributed by atoms with Crippen LogP contribution in [0.3, 0.4) is 0 Å². The molecule has 0 aliphatic heterocycles. The summed E-state index contributed by atoms with van der Waals surface area (Å²) in [4.78, 5) is 15.8. The summed E-state index contributed by atoms with van der Waals surface area (Å²) in [5.74, 6) is 1.85. The maximum absolute atomic E-state index is 11.3. The topological polar surface area (TPSA) is 56.0 Å². The van der Waals surface area contributed by atoms with Crippen LogP contribution in [0.2, 0.25) is 0 Å². The summed E-state index contributed by atoms with van der Waals surface area (Å²) in [5, 5.41) is 4.11. The van der Waals surface area contributed by atoms with Crippen molar-refractivity contribution in [3.05, 3.63) is 33.6 Å². The van der Waals surface area contributed by atoms with Gasteiger partial charge in [0.15, 0.2) is 0 Å². The molecular formula is C16H17BrN2O2. The van der Waals surface area contributed by atoms with E-state index in [-0.39, 0.29) is 5.92 Å². The van der Waals surface area contributed by atoms with E-state index >= 15 is 0 Å². The number of Topliss-reactive ketones (excluding diaryl/α,β-unsaturated/α-hetero) is 1. The van der Waals surface area contributed by atoms with Crippen molar-refractivity contribution in [3.63, 3.8) is 0 Å². The van der Waals surface area contributed by atoms with E-state index in [1.54, 1.807) is 0 Å². The normalized spacial score (nSPS) is 16.4. The number of halogens is 1. The second-order valence-electron chi connectivity index (χ2n) is 5.69. The number of hydrogen-bond acceptors (Lipinski definition) is 4. The fourth-order valence-corrected chi connectivity index (χ4v) is 3.01. The highest BCUT2D eigenvalue weighted by Gasteiger charge is 2.25. The van der Waals surface area contributed by atoms with Gasteiger partial charge >= 0.3 is 0 Å². The largest absolute Gasteiger partial charge is 0.339 e. The number of hydrogen-bond donors (Lipinski definition) is 0. The maximum atomic E-state index is 11.3. The lowest BCUT2D eigenvalue weighted by molar-refractivity contribution is -0.120. The molecule has 21 heavy (non-hydrogen) atoms. The van der Waals surface area contributed by atoms with Crippen LogP contribution in [0.4, 0.5) is 0 Å². The number of carbonyl (C=O) groups excluding carboxylic acids is 1. The predicted molar refractivity (Wildman–Crippen MR) is 83.1 cm³/mol. The van der Waals surface area contributed by atoms with E-state index in [1.165, 1.54) is 0 Å². The molecular weight excluding hydrogens is 332 g/mol. The summed E-state index contributed by atoms with van der Waals surface area (Å²) >= 11 is 3.56. The number of aromatic nitrogens is 2. The molecule has 110 valence electrons. The Bertz CT molecular complexity index is 660. The summed E-state index contributed by atoms with van der Waals surface area (Å²) in [6, 6.07) is 4.10. The van der Waals surface area contributed by atoms with Gasteiger partial charge in [0.2, 0.25) is 11.7 Å². The van der Waals surface area contributed by atoms with Crippen LogP contribution in [-0.2, 0) is 4.79 Å². The molecule has 4 nitrogen and oxygen atoms in total. The van der Waals surface area contributed by atoms with Crippen LogP contribution in [-0.4, -0.2) is 15.9 Å². The standard InChI is InChI=1S/C16H17BrN2O2/c1-9-7-12(8-10(2)14(9)17)15-18-16(21-19-15)11-3-5-13(20)6-4-11/h7-8,11H,3-6H2,1-2H3. The number of carbonyl (C=O) groups is 1. The first-order valence-electron chi connectivity index (χ1n) is 7.17. The van der Waals surface area contributed by atoms with Crippen LogP contribution >= 0.6 is 15.9 Å². The number of aryl methyl sites for hydroxylation is 2. The Labute approximate surface area is 132 Å². The van der Waals surface area contributed by atoms with Gasteiger partial charge in [-0.05, 0) is 49.9 Å². The molecule has 1 aromatic heterocycles. The van der Waals surface area contributed by atoms with Crippen LogP contribution in [0, 0.1) is 13.8 Å². The van der Waals surface area contributed by atoms with E-state index in [0.29, 0.717) is 30.3 Å². The SMILES string of the molecule is Cc1cc(-c2noc(C3CCC(=O)CC3)n2)cc(C)c1Br. The molecule has 1 aliphatic rings. The maximum Gasteiger partial charge on any atom is 0.230 e. The molecule has 0 spiro atoms. The van der Waals surface area contributed by atoms with Crippen LogP contribution in [0.25, 0.3) is 11.4 Å². The minimum atomic E-state index is 0.224. The molecule has 1 aliphatic carbocycles. The molecule has 0 N–H and O–H groups in total. The minimum Gasteiger partial charge on any atom is -0.339 e. The fourth-order valence-electron chi connectivity index (χ4n) is 2.78. The highest BCUT2D eigenvalue weighted by atomic mass is 79.9. The van der Waals surface area contributed by atoms with Gasteiger partial charge in [-0.3, -0.25) is 4.79 Å². The van der Waals surface area contributed by atoms with Gasteiger partial charge in [0.1, 0.15) is 5.78 Å². The van der Waals surface area contributed by atoms with Gasteiger partial charge in [0.05, 0.1) is 0 Å². The van der Waals surface area contributed by atoms with Crippen LogP contribution < -0.4 is 0 Å². The zero-order valence-electron chi connectivity index (χ0n) is 12.1. The van der Waals surface area contributed by atoms with E-state index < -0.39 is 0 Å². The van der Waals surface area contributed by atoms with Crippen molar-refractivity contribution < 1.29 is 9.32 Å². The van der Waals surface area contributed by atoms with E-state index in [1.807, 2.05) is 13.8 Å². The number of nitrogens with zero attached hydrogens (tertiary/aromatic N) is 2. The van der Waals surface area contributed by atoms with Crippen molar-refractivity contribution in [2.24, 2.45) is 0 Å². The molecule has 0 saturated heterocycles. The highest BCUT2D eigenvalue weighted by molar-refractivity contribution is 9.10. The third-order valence-corrected chi connectivity index (χ3v) is 5.28. The first-order chi connectivity index (χ1) is 10.0. The summed E-state index contributed by atoms with van der Waals surface area (Å²) in [6.07, 6.45) is 2.88. The Balaban J connectivity index is 1.86. The van der Waals surface area contributed by atoms with Gasteiger partial charge in [0, 0.05) is 28.8 Å². The molecule has 2 aromatic rings. The third-order valence-electron chi connectivity index (χ3n) is 4.03.